The molecule has 1 rings (SSSR count). The number of ketones is 1. The third-order valence-electron chi connectivity index (χ3n) is 2.83. The van der Waals surface area contributed by atoms with Gasteiger partial charge in [-0.1, -0.05) is 6.92 Å². The van der Waals surface area contributed by atoms with Gasteiger partial charge in [-0.15, -0.1) is 23.2 Å². The average molecular weight is 225 g/mol. The maximum absolute atomic E-state index is 11.6. The van der Waals surface area contributed by atoms with Gasteiger partial charge in [-0.25, -0.2) is 0 Å². The molecule has 1 aliphatic rings. The van der Waals surface area contributed by atoms with Crippen LogP contribution in [0.4, 0.5) is 0 Å². The molecular weight excluding hydrogens is 211 g/mol. The summed E-state index contributed by atoms with van der Waals surface area (Å²) in [6.45, 7) is 1.88. The molecule has 1 fully saturated rings. The van der Waals surface area contributed by atoms with Crippen molar-refractivity contribution in [1.29, 1.82) is 0 Å². The molecule has 0 aromatic rings. The van der Waals surface area contributed by atoms with Crippen LogP contribution in [0.1, 0.15) is 19.8 Å². The Labute approximate surface area is 88.2 Å². The maximum Gasteiger partial charge on any atom is 0.141 e. The molecule has 0 amide bonds. The van der Waals surface area contributed by atoms with Crippen LogP contribution in [0.15, 0.2) is 0 Å². The highest BCUT2D eigenvalue weighted by atomic mass is 35.5. The second-order valence-corrected chi connectivity index (χ2v) is 4.34. The summed E-state index contributed by atoms with van der Waals surface area (Å²) in [6, 6.07) is 0. The standard InChI is InChI=1S/C9H14Cl2O2/c1-6-2-3-7(8(6)12)9(13,4-10)5-11/h6-7,13H,2-5H2,1H3/t6-,7-/m1/s1. The fourth-order valence-electron chi connectivity index (χ4n) is 1.80. The smallest absolute Gasteiger partial charge is 0.141 e. The molecular formula is C9H14Cl2O2. The van der Waals surface area contributed by atoms with E-state index in [1.807, 2.05) is 6.92 Å². The van der Waals surface area contributed by atoms with Crippen LogP contribution < -0.4 is 0 Å². The lowest BCUT2D eigenvalue weighted by molar-refractivity contribution is -0.129. The number of rotatable bonds is 3. The quantitative estimate of drug-likeness (QED) is 0.743. The number of alkyl halides is 2. The van der Waals surface area contributed by atoms with Gasteiger partial charge in [-0.05, 0) is 12.8 Å². The van der Waals surface area contributed by atoms with Crippen LogP contribution in [-0.2, 0) is 4.79 Å². The molecule has 4 heteroatoms. The van der Waals surface area contributed by atoms with Gasteiger partial charge in [0.15, 0.2) is 0 Å². The summed E-state index contributed by atoms with van der Waals surface area (Å²) in [6.07, 6.45) is 1.54. The lowest BCUT2D eigenvalue weighted by Gasteiger charge is -2.28. The van der Waals surface area contributed by atoms with Crippen LogP contribution in [-0.4, -0.2) is 28.3 Å². The Hall–Kier alpha value is 0.210. The predicted octanol–water partition coefficient (Wildman–Crippen LogP) is 1.81. The highest BCUT2D eigenvalue weighted by Gasteiger charge is 2.45. The minimum atomic E-state index is -1.20. The summed E-state index contributed by atoms with van der Waals surface area (Å²) in [5.74, 6) is -0.163. The molecule has 2 nitrogen and oxygen atoms in total. The van der Waals surface area contributed by atoms with E-state index in [1.54, 1.807) is 0 Å². The van der Waals surface area contributed by atoms with E-state index in [9.17, 15) is 9.90 Å². The molecule has 0 heterocycles. The van der Waals surface area contributed by atoms with E-state index in [-0.39, 0.29) is 29.4 Å². The first kappa shape index (κ1) is 11.3. The van der Waals surface area contributed by atoms with Crippen molar-refractivity contribution in [2.24, 2.45) is 11.8 Å². The summed E-state index contributed by atoms with van der Waals surface area (Å²) in [5.41, 5.74) is -1.20. The van der Waals surface area contributed by atoms with E-state index in [1.165, 1.54) is 0 Å². The molecule has 0 aromatic carbocycles. The van der Waals surface area contributed by atoms with E-state index in [2.05, 4.69) is 0 Å². The van der Waals surface area contributed by atoms with Gasteiger partial charge >= 0.3 is 0 Å². The minimum Gasteiger partial charge on any atom is -0.387 e. The van der Waals surface area contributed by atoms with Gasteiger partial charge in [0.05, 0.1) is 11.8 Å². The molecule has 1 N–H and O–H groups in total. The highest BCUT2D eigenvalue weighted by molar-refractivity contribution is 6.22. The van der Waals surface area contributed by atoms with E-state index in [0.29, 0.717) is 6.42 Å². The summed E-state index contributed by atoms with van der Waals surface area (Å²) < 4.78 is 0. The van der Waals surface area contributed by atoms with E-state index in [0.717, 1.165) is 6.42 Å². The van der Waals surface area contributed by atoms with E-state index < -0.39 is 5.60 Å². The van der Waals surface area contributed by atoms with Crippen LogP contribution in [0.5, 0.6) is 0 Å². The molecule has 0 unspecified atom stereocenters. The molecule has 0 bridgehead atoms. The molecule has 13 heavy (non-hydrogen) atoms. The number of carbonyl (C=O) groups is 1. The van der Waals surface area contributed by atoms with Gasteiger partial charge < -0.3 is 5.11 Å². The van der Waals surface area contributed by atoms with Gasteiger partial charge in [0.25, 0.3) is 0 Å². The van der Waals surface area contributed by atoms with Gasteiger partial charge in [0.2, 0.25) is 0 Å². The fraction of sp³-hybridized carbons (Fsp3) is 0.889. The lowest BCUT2D eigenvalue weighted by Crippen LogP contribution is -2.44. The van der Waals surface area contributed by atoms with Crippen LogP contribution in [0.25, 0.3) is 0 Å². The number of carbonyl (C=O) groups excluding carboxylic acids is 1. The van der Waals surface area contributed by atoms with Crippen LogP contribution in [0.3, 0.4) is 0 Å². The first-order chi connectivity index (χ1) is 6.05. The largest absolute Gasteiger partial charge is 0.387 e. The maximum atomic E-state index is 11.6. The molecule has 76 valence electrons. The molecule has 0 radical (unpaired) electrons. The second-order valence-electron chi connectivity index (χ2n) is 3.80. The Kier molecular flexibility index (Phi) is 3.61. The third kappa shape index (κ3) is 2.00. The third-order valence-corrected chi connectivity index (χ3v) is 3.75. The summed E-state index contributed by atoms with van der Waals surface area (Å²) in [7, 11) is 0. The normalized spacial score (nSPS) is 29.7. The average Bonchev–Trinajstić information content (AvgIpc) is 2.47. The second kappa shape index (κ2) is 4.16. The first-order valence-corrected chi connectivity index (χ1v) is 5.50. The number of hydrogen-bond donors (Lipinski definition) is 1. The molecule has 1 aliphatic carbocycles. The Morgan fingerprint density at radius 2 is 2.00 bits per heavy atom. The van der Waals surface area contributed by atoms with Crippen molar-refractivity contribution in [2.45, 2.75) is 25.4 Å². The highest BCUT2D eigenvalue weighted by Crippen LogP contribution is 2.36. The van der Waals surface area contributed by atoms with Crippen molar-refractivity contribution < 1.29 is 9.90 Å². The van der Waals surface area contributed by atoms with E-state index >= 15 is 0 Å². The zero-order chi connectivity index (χ0) is 10.1. The number of aliphatic hydroxyl groups is 1. The van der Waals surface area contributed by atoms with Crippen LogP contribution in [0, 0.1) is 11.8 Å². The fourth-order valence-corrected chi connectivity index (χ4v) is 2.46. The predicted molar refractivity (Wildman–Crippen MR) is 53.3 cm³/mol. The molecule has 0 aliphatic heterocycles. The van der Waals surface area contributed by atoms with Gasteiger partial charge in [-0.3, -0.25) is 4.79 Å². The van der Waals surface area contributed by atoms with Gasteiger partial charge in [-0.2, -0.15) is 0 Å². The van der Waals surface area contributed by atoms with Crippen molar-refractivity contribution in [3.8, 4) is 0 Å². The zero-order valence-electron chi connectivity index (χ0n) is 7.59. The summed E-state index contributed by atoms with van der Waals surface area (Å²) in [5, 5.41) is 9.93. The number of halogens is 2. The molecule has 0 saturated heterocycles. The minimum absolute atomic E-state index is 0.0274. The zero-order valence-corrected chi connectivity index (χ0v) is 9.11. The Morgan fingerprint density at radius 1 is 1.46 bits per heavy atom. The SMILES string of the molecule is C[C@@H]1CC[C@@H](C(O)(CCl)CCl)C1=O. The van der Waals surface area contributed by atoms with Crippen molar-refractivity contribution in [1.82, 2.24) is 0 Å². The number of Topliss-reactive ketones (excluding diaryl/α,β-unsaturated/α-hetero) is 1. The van der Waals surface area contributed by atoms with Crippen LogP contribution in [0.2, 0.25) is 0 Å². The Balaban J connectivity index is 2.76. The summed E-state index contributed by atoms with van der Waals surface area (Å²) >= 11 is 11.2. The molecule has 2 atom stereocenters. The van der Waals surface area contributed by atoms with Gasteiger partial charge in [0, 0.05) is 11.8 Å². The Morgan fingerprint density at radius 3 is 2.31 bits per heavy atom. The summed E-state index contributed by atoms with van der Waals surface area (Å²) in [4.78, 5) is 11.6. The Bertz CT molecular complexity index is 202. The van der Waals surface area contributed by atoms with E-state index in [4.69, 9.17) is 23.2 Å². The first-order valence-electron chi connectivity index (χ1n) is 4.43. The van der Waals surface area contributed by atoms with Crippen molar-refractivity contribution in [2.75, 3.05) is 11.8 Å². The van der Waals surface area contributed by atoms with Crippen molar-refractivity contribution in [3.63, 3.8) is 0 Å². The van der Waals surface area contributed by atoms with Crippen molar-refractivity contribution >= 4 is 29.0 Å². The monoisotopic (exact) mass is 224 g/mol. The van der Waals surface area contributed by atoms with Crippen LogP contribution >= 0.6 is 23.2 Å². The molecule has 1 saturated carbocycles. The molecule has 0 spiro atoms. The lowest BCUT2D eigenvalue weighted by atomic mass is 9.87. The molecule has 0 aromatic heterocycles. The topological polar surface area (TPSA) is 37.3 Å². The number of hydrogen-bond acceptors (Lipinski definition) is 2. The van der Waals surface area contributed by atoms with Crippen molar-refractivity contribution in [3.05, 3.63) is 0 Å². The van der Waals surface area contributed by atoms with Gasteiger partial charge in [0.1, 0.15) is 11.4 Å².